The molecule has 0 aromatic heterocycles. The number of hydrogen-bond donors (Lipinski definition) is 5. The highest BCUT2D eigenvalue weighted by molar-refractivity contribution is 5.77. The largest absolute Gasteiger partial charge is 0.394 e. The summed E-state index contributed by atoms with van der Waals surface area (Å²) < 4.78 is 17.7. The van der Waals surface area contributed by atoms with Crippen LogP contribution in [0.1, 0.15) is 84.5 Å². The SMILES string of the molecule is CC(=O)N[C@@H](CO)C(OCCCCCC(=O)N1C[C@H](OC2CCCCCC2)C[C@H]1CO)OC(CO)[C@@H](C)O. The van der Waals surface area contributed by atoms with Crippen molar-refractivity contribution in [2.24, 2.45) is 0 Å². The highest BCUT2D eigenvalue weighted by Crippen LogP contribution is 2.27. The topological polar surface area (TPSA) is 158 Å². The zero-order valence-corrected chi connectivity index (χ0v) is 23.1. The number of carbonyl (C=O) groups is 2. The van der Waals surface area contributed by atoms with Crippen molar-refractivity contribution in [1.82, 2.24) is 10.2 Å². The van der Waals surface area contributed by atoms with E-state index in [0.29, 0.717) is 38.6 Å². The molecule has 2 amide bonds. The summed E-state index contributed by atoms with van der Waals surface area (Å²) in [5.74, 6) is -0.353. The van der Waals surface area contributed by atoms with E-state index in [2.05, 4.69) is 5.32 Å². The normalized spacial score (nSPS) is 24.0. The van der Waals surface area contributed by atoms with Crippen molar-refractivity contribution < 1.29 is 44.2 Å². The lowest BCUT2D eigenvalue weighted by Gasteiger charge is -2.30. The molecule has 5 N–H and O–H groups in total. The fourth-order valence-electron chi connectivity index (χ4n) is 5.19. The van der Waals surface area contributed by atoms with Crippen molar-refractivity contribution >= 4 is 11.8 Å². The third-order valence-corrected chi connectivity index (χ3v) is 7.35. The standard InChI is InChI=1S/C27H50N2O9/c1-19(33)25(18-32)38-27(24(17-31)28-20(2)34)36-13-9-5-8-12-26(35)29-15-23(14-21(29)16-30)37-22-10-6-3-4-7-11-22/h19,21-25,27,30-33H,3-18H2,1-2H3,(H,28,34)/t19-,21+,23-,24+,25?,27?/m1/s1. The fraction of sp³-hybridized carbons (Fsp3) is 0.926. The lowest BCUT2D eigenvalue weighted by molar-refractivity contribution is -0.214. The van der Waals surface area contributed by atoms with E-state index in [1.54, 1.807) is 4.90 Å². The second kappa shape index (κ2) is 18.1. The summed E-state index contributed by atoms with van der Waals surface area (Å²) in [4.78, 5) is 26.1. The Hall–Kier alpha value is -1.34. The van der Waals surface area contributed by atoms with Crippen LogP contribution in [0.2, 0.25) is 0 Å². The van der Waals surface area contributed by atoms with Crippen LogP contribution in [0, 0.1) is 0 Å². The van der Waals surface area contributed by atoms with E-state index in [-0.39, 0.29) is 43.3 Å². The molecule has 1 saturated heterocycles. The molecule has 2 aliphatic rings. The Labute approximate surface area is 226 Å². The molecule has 2 rings (SSSR count). The number of aliphatic hydroxyl groups is 4. The lowest BCUT2D eigenvalue weighted by Crippen LogP contribution is -2.50. The summed E-state index contributed by atoms with van der Waals surface area (Å²) in [5, 5.41) is 41.3. The van der Waals surface area contributed by atoms with E-state index in [1.807, 2.05) is 0 Å². The van der Waals surface area contributed by atoms with Crippen molar-refractivity contribution in [3.63, 3.8) is 0 Å². The molecular weight excluding hydrogens is 496 g/mol. The van der Waals surface area contributed by atoms with Gasteiger partial charge in [-0.3, -0.25) is 9.59 Å². The molecule has 11 nitrogen and oxygen atoms in total. The van der Waals surface area contributed by atoms with Crippen molar-refractivity contribution in [1.29, 1.82) is 0 Å². The number of nitrogens with zero attached hydrogens (tertiary/aromatic N) is 1. The highest BCUT2D eigenvalue weighted by atomic mass is 16.7. The van der Waals surface area contributed by atoms with E-state index in [4.69, 9.17) is 14.2 Å². The summed E-state index contributed by atoms with van der Waals surface area (Å²) in [7, 11) is 0. The van der Waals surface area contributed by atoms with Gasteiger partial charge in [0.1, 0.15) is 12.1 Å². The second-order valence-electron chi connectivity index (χ2n) is 10.6. The first-order valence-electron chi connectivity index (χ1n) is 14.3. The van der Waals surface area contributed by atoms with Crippen molar-refractivity contribution in [2.75, 3.05) is 33.0 Å². The average Bonchev–Trinajstić information content (AvgIpc) is 3.12. The van der Waals surface area contributed by atoms with Crippen LogP contribution in [0.15, 0.2) is 0 Å². The van der Waals surface area contributed by atoms with Gasteiger partial charge in [-0.15, -0.1) is 0 Å². The first-order valence-corrected chi connectivity index (χ1v) is 14.3. The number of unbranched alkanes of at least 4 members (excludes halogenated alkanes) is 2. The Morgan fingerprint density at radius 2 is 1.71 bits per heavy atom. The molecule has 0 aromatic rings. The van der Waals surface area contributed by atoms with E-state index >= 15 is 0 Å². The summed E-state index contributed by atoms with van der Waals surface area (Å²) in [5.41, 5.74) is 0. The van der Waals surface area contributed by atoms with E-state index in [1.165, 1.54) is 39.5 Å². The van der Waals surface area contributed by atoms with Gasteiger partial charge in [-0.05, 0) is 39.0 Å². The maximum Gasteiger partial charge on any atom is 0.222 e. The van der Waals surface area contributed by atoms with Crippen LogP contribution in [-0.2, 0) is 23.8 Å². The second-order valence-corrected chi connectivity index (χ2v) is 10.6. The van der Waals surface area contributed by atoms with Gasteiger partial charge in [-0.2, -0.15) is 0 Å². The van der Waals surface area contributed by atoms with Crippen molar-refractivity contribution in [3.05, 3.63) is 0 Å². The third-order valence-electron chi connectivity index (χ3n) is 7.35. The number of hydrogen-bond acceptors (Lipinski definition) is 9. The van der Waals surface area contributed by atoms with Gasteiger partial charge in [0, 0.05) is 26.5 Å². The monoisotopic (exact) mass is 546 g/mol. The quantitative estimate of drug-likeness (QED) is 0.101. The lowest BCUT2D eigenvalue weighted by atomic mass is 10.1. The molecule has 11 heteroatoms. The Bertz CT molecular complexity index is 673. The number of aliphatic hydroxyl groups excluding tert-OH is 4. The number of rotatable bonds is 17. The Balaban J connectivity index is 1.75. The maximum absolute atomic E-state index is 12.9. The Morgan fingerprint density at radius 3 is 2.29 bits per heavy atom. The predicted octanol–water partition coefficient (Wildman–Crippen LogP) is 0.846. The zero-order chi connectivity index (χ0) is 27.9. The molecule has 1 aliphatic heterocycles. The van der Waals surface area contributed by atoms with E-state index < -0.39 is 37.8 Å². The Kier molecular flexibility index (Phi) is 15.6. The average molecular weight is 547 g/mol. The minimum absolute atomic E-state index is 0.0167. The van der Waals surface area contributed by atoms with Gasteiger partial charge >= 0.3 is 0 Å². The summed E-state index contributed by atoms with van der Waals surface area (Å²) in [6.45, 7) is 2.60. The molecule has 222 valence electrons. The fourth-order valence-corrected chi connectivity index (χ4v) is 5.19. The van der Waals surface area contributed by atoms with Gasteiger partial charge in [0.25, 0.3) is 0 Å². The molecule has 0 radical (unpaired) electrons. The minimum atomic E-state index is -1.06. The molecule has 6 atom stereocenters. The number of ether oxygens (including phenoxy) is 3. The summed E-state index contributed by atoms with van der Waals surface area (Å²) in [6.07, 6.45) is 7.34. The van der Waals surface area contributed by atoms with Crippen LogP contribution in [0.4, 0.5) is 0 Å². The van der Waals surface area contributed by atoms with E-state index in [9.17, 15) is 30.0 Å². The number of amides is 2. The summed E-state index contributed by atoms with van der Waals surface area (Å²) >= 11 is 0. The predicted molar refractivity (Wildman–Crippen MR) is 140 cm³/mol. The molecule has 38 heavy (non-hydrogen) atoms. The van der Waals surface area contributed by atoms with Crippen molar-refractivity contribution in [3.8, 4) is 0 Å². The molecule has 0 bridgehead atoms. The molecule has 1 heterocycles. The van der Waals surface area contributed by atoms with Gasteiger partial charge in [0.2, 0.25) is 11.8 Å². The molecular formula is C27H50N2O9. The molecule has 0 aromatic carbocycles. The summed E-state index contributed by atoms with van der Waals surface area (Å²) in [6, 6.07) is -1.06. The van der Waals surface area contributed by atoms with Crippen LogP contribution in [0.25, 0.3) is 0 Å². The maximum atomic E-state index is 12.9. The van der Waals surface area contributed by atoms with Gasteiger partial charge in [-0.25, -0.2) is 0 Å². The van der Waals surface area contributed by atoms with Crippen molar-refractivity contribution in [2.45, 2.75) is 127 Å². The molecule has 2 unspecified atom stereocenters. The first-order chi connectivity index (χ1) is 18.3. The van der Waals surface area contributed by atoms with Crippen LogP contribution < -0.4 is 5.32 Å². The minimum Gasteiger partial charge on any atom is -0.394 e. The van der Waals surface area contributed by atoms with Gasteiger partial charge in [-0.1, -0.05) is 32.1 Å². The third kappa shape index (κ3) is 11.4. The zero-order valence-electron chi connectivity index (χ0n) is 23.1. The molecule has 1 aliphatic carbocycles. The van der Waals surface area contributed by atoms with Gasteiger partial charge < -0.3 is 44.9 Å². The van der Waals surface area contributed by atoms with Crippen LogP contribution in [0.3, 0.4) is 0 Å². The Morgan fingerprint density at radius 1 is 1.00 bits per heavy atom. The highest BCUT2D eigenvalue weighted by Gasteiger charge is 2.36. The van der Waals surface area contributed by atoms with Crippen LogP contribution in [0.5, 0.6) is 0 Å². The van der Waals surface area contributed by atoms with Gasteiger partial charge in [0.05, 0.1) is 44.2 Å². The number of carbonyl (C=O) groups excluding carboxylic acids is 2. The molecule has 0 spiro atoms. The molecule has 1 saturated carbocycles. The smallest absolute Gasteiger partial charge is 0.222 e. The van der Waals surface area contributed by atoms with Crippen LogP contribution >= 0.6 is 0 Å². The number of likely N-dealkylation sites (tertiary alicyclic amines) is 1. The molecule has 2 fully saturated rings. The van der Waals surface area contributed by atoms with E-state index in [0.717, 1.165) is 12.8 Å². The van der Waals surface area contributed by atoms with Crippen LogP contribution in [-0.4, -0.2) is 113 Å². The van der Waals surface area contributed by atoms with Gasteiger partial charge in [0.15, 0.2) is 6.29 Å². The first kappa shape index (κ1) is 32.9. The number of nitrogens with one attached hydrogen (secondary N) is 1.